The average Bonchev–Trinajstić information content (AvgIpc) is 3.21. The summed E-state index contributed by atoms with van der Waals surface area (Å²) in [6.07, 6.45) is 2.58. The number of methoxy groups -OCH3 is 1. The highest BCUT2D eigenvalue weighted by Gasteiger charge is 2.31. The van der Waals surface area contributed by atoms with Crippen LogP contribution in [0.5, 0.6) is 0 Å². The summed E-state index contributed by atoms with van der Waals surface area (Å²) >= 11 is 0. The topological polar surface area (TPSA) is 98.8 Å². The molecule has 0 radical (unpaired) electrons. The van der Waals surface area contributed by atoms with E-state index >= 15 is 4.39 Å². The summed E-state index contributed by atoms with van der Waals surface area (Å²) in [6, 6.07) is 12.2. The van der Waals surface area contributed by atoms with Crippen LogP contribution in [0.2, 0.25) is 0 Å². The van der Waals surface area contributed by atoms with E-state index in [4.69, 9.17) is 15.2 Å². The van der Waals surface area contributed by atoms with Crippen molar-refractivity contribution in [3.05, 3.63) is 65.1 Å². The molecule has 0 aliphatic carbocycles. The van der Waals surface area contributed by atoms with Gasteiger partial charge in [-0.25, -0.2) is 9.18 Å². The fraction of sp³-hybridized carbons (Fsp3) is 0.515. The van der Waals surface area contributed by atoms with Gasteiger partial charge in [-0.15, -0.1) is 0 Å². The van der Waals surface area contributed by atoms with Gasteiger partial charge >= 0.3 is 6.09 Å². The van der Waals surface area contributed by atoms with Gasteiger partial charge < -0.3 is 30.0 Å². The SMILES string of the molecule is COCCCn1c(C2CCCN(C(=O)C[C@@H](Cc3ccc(N)cc3)NC(=O)OC(C)(C)C)C2)c(C)c2cccc(F)c21. The van der Waals surface area contributed by atoms with E-state index in [1.807, 2.05) is 56.0 Å². The minimum atomic E-state index is -0.654. The van der Waals surface area contributed by atoms with Crippen LogP contribution in [0.3, 0.4) is 0 Å². The Morgan fingerprint density at radius 2 is 1.90 bits per heavy atom. The van der Waals surface area contributed by atoms with Crippen molar-refractivity contribution < 1.29 is 23.5 Å². The number of nitrogens with zero attached hydrogens (tertiary/aromatic N) is 2. The zero-order chi connectivity index (χ0) is 30.4. The molecule has 228 valence electrons. The molecule has 1 unspecified atom stereocenters. The van der Waals surface area contributed by atoms with Crippen LogP contribution >= 0.6 is 0 Å². The van der Waals surface area contributed by atoms with Crippen LogP contribution in [0.4, 0.5) is 14.9 Å². The summed E-state index contributed by atoms with van der Waals surface area (Å²) < 4.78 is 28.0. The van der Waals surface area contributed by atoms with E-state index < -0.39 is 17.7 Å². The van der Waals surface area contributed by atoms with E-state index in [-0.39, 0.29) is 24.1 Å². The molecule has 0 bridgehead atoms. The number of likely N-dealkylation sites (tertiary alicyclic amines) is 1. The molecular weight excluding hydrogens is 535 g/mol. The highest BCUT2D eigenvalue weighted by atomic mass is 19.1. The second kappa shape index (κ2) is 13.6. The third-order valence-electron chi connectivity index (χ3n) is 7.83. The molecule has 1 aliphatic rings. The largest absolute Gasteiger partial charge is 0.444 e. The second-order valence-corrected chi connectivity index (χ2v) is 12.3. The summed E-state index contributed by atoms with van der Waals surface area (Å²) in [6.45, 7) is 9.90. The lowest BCUT2D eigenvalue weighted by Gasteiger charge is -2.35. The molecule has 2 atom stereocenters. The third kappa shape index (κ3) is 7.82. The van der Waals surface area contributed by atoms with Gasteiger partial charge in [-0.05, 0) is 82.7 Å². The maximum atomic E-state index is 15.1. The van der Waals surface area contributed by atoms with Crippen molar-refractivity contribution in [3.8, 4) is 0 Å². The number of ether oxygens (including phenoxy) is 2. The predicted octanol–water partition coefficient (Wildman–Crippen LogP) is 5.94. The number of rotatable bonds is 10. The Labute approximate surface area is 248 Å². The van der Waals surface area contributed by atoms with Crippen molar-refractivity contribution in [2.75, 3.05) is 32.5 Å². The van der Waals surface area contributed by atoms with Crippen LogP contribution in [0, 0.1) is 12.7 Å². The Balaban J connectivity index is 1.54. The molecule has 4 rings (SSSR count). The number of fused-ring (bicyclic) bond motifs is 1. The molecule has 3 N–H and O–H groups in total. The Kier molecular flexibility index (Phi) is 10.1. The monoisotopic (exact) mass is 580 g/mol. The van der Waals surface area contributed by atoms with E-state index in [1.165, 1.54) is 6.07 Å². The molecule has 1 aliphatic heterocycles. The number of aryl methyl sites for hydroxylation is 2. The van der Waals surface area contributed by atoms with Gasteiger partial charge in [0.05, 0.1) is 5.52 Å². The van der Waals surface area contributed by atoms with Crippen molar-refractivity contribution in [3.63, 3.8) is 0 Å². The first-order valence-electron chi connectivity index (χ1n) is 14.8. The average molecular weight is 581 g/mol. The summed E-state index contributed by atoms with van der Waals surface area (Å²) in [5.74, 6) is -0.185. The summed E-state index contributed by atoms with van der Waals surface area (Å²) in [5, 5.41) is 3.84. The number of nitrogens with two attached hydrogens (primary N) is 1. The lowest BCUT2D eigenvalue weighted by atomic mass is 9.91. The smallest absolute Gasteiger partial charge is 0.407 e. The number of anilines is 1. The Morgan fingerprint density at radius 3 is 2.60 bits per heavy atom. The van der Waals surface area contributed by atoms with Gasteiger partial charge in [0.25, 0.3) is 0 Å². The first-order valence-corrected chi connectivity index (χ1v) is 14.8. The minimum absolute atomic E-state index is 0.0259. The quantitative estimate of drug-likeness (QED) is 0.229. The first kappa shape index (κ1) is 31.3. The molecule has 2 amide bonds. The minimum Gasteiger partial charge on any atom is -0.444 e. The van der Waals surface area contributed by atoms with Crippen LogP contribution in [0.1, 0.15) is 69.2 Å². The number of halogens is 1. The summed E-state index contributed by atoms with van der Waals surface area (Å²) in [7, 11) is 1.67. The Hall–Kier alpha value is -3.59. The molecular formula is C33H45FN4O4. The van der Waals surface area contributed by atoms with Crippen LogP contribution in [-0.2, 0) is 27.2 Å². The standard InChI is InChI=1S/C33H45FN4O4/c1-22-27-10-6-11-28(34)31(27)38(17-8-18-41-5)30(22)24-9-7-16-37(21-24)29(39)20-26(36-32(40)42-33(2,3)4)19-23-12-14-25(35)15-13-23/h6,10-15,24,26H,7-9,16-21,35H2,1-5H3,(H,36,40)/t24?,26-/m1/s1. The number of para-hydroxylation sites is 1. The lowest BCUT2D eigenvalue weighted by Crippen LogP contribution is -2.46. The van der Waals surface area contributed by atoms with E-state index in [0.717, 1.165) is 41.5 Å². The zero-order valence-corrected chi connectivity index (χ0v) is 25.5. The van der Waals surface area contributed by atoms with Gasteiger partial charge in [0.15, 0.2) is 0 Å². The molecule has 8 nitrogen and oxygen atoms in total. The number of aromatic nitrogens is 1. The zero-order valence-electron chi connectivity index (χ0n) is 25.5. The van der Waals surface area contributed by atoms with Crippen molar-refractivity contribution >= 4 is 28.6 Å². The highest BCUT2D eigenvalue weighted by Crippen LogP contribution is 2.37. The van der Waals surface area contributed by atoms with E-state index in [9.17, 15) is 9.59 Å². The maximum Gasteiger partial charge on any atom is 0.407 e. The number of amides is 2. The molecule has 1 fully saturated rings. The van der Waals surface area contributed by atoms with Crippen molar-refractivity contribution in [2.45, 2.75) is 83.9 Å². The Morgan fingerprint density at radius 1 is 1.17 bits per heavy atom. The second-order valence-electron chi connectivity index (χ2n) is 12.3. The number of hydrogen-bond acceptors (Lipinski definition) is 5. The number of nitrogen functional groups attached to an aromatic ring is 1. The number of carbonyl (C=O) groups is 2. The predicted molar refractivity (Wildman–Crippen MR) is 164 cm³/mol. The van der Waals surface area contributed by atoms with E-state index in [0.29, 0.717) is 43.9 Å². The van der Waals surface area contributed by atoms with E-state index in [2.05, 4.69) is 16.8 Å². The summed E-state index contributed by atoms with van der Waals surface area (Å²) in [4.78, 5) is 28.3. The summed E-state index contributed by atoms with van der Waals surface area (Å²) in [5.41, 5.74) is 9.60. The van der Waals surface area contributed by atoms with Gasteiger partial charge in [-0.3, -0.25) is 4.79 Å². The molecule has 9 heteroatoms. The van der Waals surface area contributed by atoms with Crippen LogP contribution in [-0.4, -0.2) is 59.9 Å². The number of alkyl carbamates (subject to hydrolysis) is 1. The fourth-order valence-electron chi connectivity index (χ4n) is 6.03. The molecule has 2 aromatic carbocycles. The fourth-order valence-corrected chi connectivity index (χ4v) is 6.03. The Bertz CT molecular complexity index is 1380. The maximum absolute atomic E-state index is 15.1. The molecule has 2 heterocycles. The van der Waals surface area contributed by atoms with Crippen LogP contribution < -0.4 is 11.1 Å². The first-order chi connectivity index (χ1) is 20.0. The lowest BCUT2D eigenvalue weighted by molar-refractivity contribution is -0.132. The van der Waals surface area contributed by atoms with Crippen molar-refractivity contribution in [1.29, 1.82) is 0 Å². The van der Waals surface area contributed by atoms with Gasteiger partial charge in [-0.1, -0.05) is 24.3 Å². The van der Waals surface area contributed by atoms with Gasteiger partial charge in [0, 0.05) is 68.5 Å². The molecule has 1 aromatic heterocycles. The van der Waals surface area contributed by atoms with Crippen molar-refractivity contribution in [2.24, 2.45) is 0 Å². The number of piperidine rings is 1. The molecule has 0 spiro atoms. The number of carbonyl (C=O) groups excluding carboxylic acids is 2. The molecule has 42 heavy (non-hydrogen) atoms. The van der Waals surface area contributed by atoms with Crippen molar-refractivity contribution in [1.82, 2.24) is 14.8 Å². The van der Waals surface area contributed by atoms with Gasteiger partial charge in [0.1, 0.15) is 11.4 Å². The number of hydrogen-bond donors (Lipinski definition) is 2. The van der Waals surface area contributed by atoms with E-state index in [1.54, 1.807) is 13.2 Å². The van der Waals surface area contributed by atoms with Crippen LogP contribution in [0.25, 0.3) is 10.9 Å². The highest BCUT2D eigenvalue weighted by molar-refractivity contribution is 5.86. The molecule has 0 saturated carbocycles. The third-order valence-corrected chi connectivity index (χ3v) is 7.83. The molecule has 3 aromatic rings. The number of benzene rings is 2. The molecule has 1 saturated heterocycles. The van der Waals surface area contributed by atoms with Gasteiger partial charge in [-0.2, -0.15) is 0 Å². The normalized spacial score (nSPS) is 16.4. The van der Waals surface area contributed by atoms with Crippen LogP contribution in [0.15, 0.2) is 42.5 Å². The number of nitrogens with one attached hydrogen (secondary N) is 1. The van der Waals surface area contributed by atoms with Gasteiger partial charge in [0.2, 0.25) is 5.91 Å².